The van der Waals surface area contributed by atoms with Crippen LogP contribution < -0.4 is 4.74 Å². The molecular weight excluding hydrogens is 402 g/mol. The summed E-state index contributed by atoms with van der Waals surface area (Å²) in [6.45, 7) is 2.02. The second kappa shape index (κ2) is 8.59. The number of rotatable bonds is 7. The number of fused-ring (bicyclic) bond motifs is 1. The van der Waals surface area contributed by atoms with Crippen molar-refractivity contribution < 1.29 is 19.2 Å². The number of carbonyl (C=O) groups is 1. The van der Waals surface area contributed by atoms with Crippen molar-refractivity contribution in [3.05, 3.63) is 82.9 Å². The molecule has 1 aromatic heterocycles. The molecule has 1 atom stereocenters. The molecule has 0 radical (unpaired) electrons. The highest BCUT2D eigenvalue weighted by Crippen LogP contribution is 2.42. The van der Waals surface area contributed by atoms with E-state index in [1.807, 2.05) is 43.3 Å². The molecule has 4 rings (SSSR count). The van der Waals surface area contributed by atoms with Gasteiger partial charge in [0.25, 0.3) is 0 Å². The Balaban J connectivity index is 1.85. The standard InChI is InChI=1S/C24H20ClNO4/c1-2-9-17-22-18(20(26-30-22)15-10-5-3-6-11-15)14-19(25)23(17)29-21(24(27)28)16-12-7-4-8-13-16/h3-8,10-14,21H,2,9H2,1H3,(H,27,28). The Bertz CT molecular complexity index is 1170. The fourth-order valence-corrected chi connectivity index (χ4v) is 3.77. The summed E-state index contributed by atoms with van der Waals surface area (Å²) in [5, 5.41) is 15.1. The molecule has 5 nitrogen and oxygen atoms in total. The van der Waals surface area contributed by atoms with Gasteiger partial charge in [-0.2, -0.15) is 0 Å². The molecule has 0 aliphatic heterocycles. The molecule has 1 N–H and O–H groups in total. The van der Waals surface area contributed by atoms with Crippen LogP contribution in [0.4, 0.5) is 0 Å². The van der Waals surface area contributed by atoms with Crippen molar-refractivity contribution in [2.24, 2.45) is 0 Å². The van der Waals surface area contributed by atoms with E-state index in [9.17, 15) is 9.90 Å². The quantitative estimate of drug-likeness (QED) is 0.378. The van der Waals surface area contributed by atoms with Gasteiger partial charge >= 0.3 is 5.97 Å². The minimum absolute atomic E-state index is 0.318. The molecule has 6 heteroatoms. The first-order valence-electron chi connectivity index (χ1n) is 9.70. The minimum Gasteiger partial charge on any atom is -0.478 e. The summed E-state index contributed by atoms with van der Waals surface area (Å²) in [4.78, 5) is 11.9. The molecule has 0 fully saturated rings. The van der Waals surface area contributed by atoms with Crippen molar-refractivity contribution in [1.82, 2.24) is 5.16 Å². The van der Waals surface area contributed by atoms with E-state index < -0.39 is 12.1 Å². The fraction of sp³-hybridized carbons (Fsp3) is 0.167. The van der Waals surface area contributed by atoms with E-state index in [1.165, 1.54) is 0 Å². The lowest BCUT2D eigenvalue weighted by Crippen LogP contribution is -2.19. The third-order valence-corrected chi connectivity index (χ3v) is 5.15. The molecule has 3 aromatic carbocycles. The maximum Gasteiger partial charge on any atom is 0.349 e. The zero-order valence-corrected chi connectivity index (χ0v) is 17.1. The highest BCUT2D eigenvalue weighted by atomic mass is 35.5. The molecule has 0 saturated carbocycles. The smallest absolute Gasteiger partial charge is 0.349 e. The van der Waals surface area contributed by atoms with Gasteiger partial charge in [-0.3, -0.25) is 0 Å². The monoisotopic (exact) mass is 421 g/mol. The third-order valence-electron chi connectivity index (χ3n) is 4.87. The van der Waals surface area contributed by atoms with Gasteiger partial charge in [0.2, 0.25) is 6.10 Å². The molecule has 0 saturated heterocycles. The third kappa shape index (κ3) is 3.76. The lowest BCUT2D eigenvalue weighted by molar-refractivity contribution is -0.145. The van der Waals surface area contributed by atoms with E-state index in [0.717, 1.165) is 22.9 Å². The van der Waals surface area contributed by atoms with Crippen molar-refractivity contribution in [3.8, 4) is 17.0 Å². The number of aliphatic carboxylic acids is 1. The summed E-state index contributed by atoms with van der Waals surface area (Å²) in [5.74, 6) is -0.777. The molecular formula is C24H20ClNO4. The van der Waals surface area contributed by atoms with Crippen molar-refractivity contribution in [2.45, 2.75) is 25.9 Å². The van der Waals surface area contributed by atoms with Gasteiger partial charge in [0.15, 0.2) is 5.58 Å². The summed E-state index contributed by atoms with van der Waals surface area (Å²) in [5.41, 5.74) is 3.42. The van der Waals surface area contributed by atoms with Gasteiger partial charge in [0.1, 0.15) is 11.4 Å². The van der Waals surface area contributed by atoms with Crippen molar-refractivity contribution in [3.63, 3.8) is 0 Å². The maximum atomic E-state index is 11.9. The number of aryl methyl sites for hydroxylation is 1. The van der Waals surface area contributed by atoms with Crippen LogP contribution in [0.2, 0.25) is 5.02 Å². The van der Waals surface area contributed by atoms with Gasteiger partial charge < -0.3 is 14.4 Å². The van der Waals surface area contributed by atoms with Crippen LogP contribution in [0.3, 0.4) is 0 Å². The van der Waals surface area contributed by atoms with Gasteiger partial charge in [-0.05, 0) is 12.5 Å². The summed E-state index contributed by atoms with van der Waals surface area (Å²) in [6.07, 6.45) is 0.223. The number of carboxylic acids is 1. The Labute approximate surface area is 178 Å². The number of nitrogens with zero attached hydrogens (tertiary/aromatic N) is 1. The van der Waals surface area contributed by atoms with Crippen LogP contribution in [0, 0.1) is 0 Å². The van der Waals surface area contributed by atoms with Crippen LogP contribution in [0.25, 0.3) is 22.2 Å². The maximum absolute atomic E-state index is 11.9. The van der Waals surface area contributed by atoms with Gasteiger partial charge in [-0.1, -0.05) is 90.8 Å². The van der Waals surface area contributed by atoms with Gasteiger partial charge in [0, 0.05) is 16.7 Å². The lowest BCUT2D eigenvalue weighted by Gasteiger charge is -2.19. The van der Waals surface area contributed by atoms with Gasteiger partial charge in [0.05, 0.1) is 10.4 Å². The average Bonchev–Trinajstić information content (AvgIpc) is 3.18. The molecule has 4 aromatic rings. The Hall–Kier alpha value is -3.31. The van der Waals surface area contributed by atoms with Gasteiger partial charge in [-0.15, -0.1) is 0 Å². The molecule has 0 aliphatic rings. The largest absolute Gasteiger partial charge is 0.478 e. The molecule has 30 heavy (non-hydrogen) atoms. The minimum atomic E-state index is -1.19. The van der Waals surface area contributed by atoms with Crippen molar-refractivity contribution in [1.29, 1.82) is 0 Å². The molecule has 0 aliphatic carbocycles. The Morgan fingerprint density at radius 1 is 1.13 bits per heavy atom. The predicted molar refractivity (Wildman–Crippen MR) is 116 cm³/mol. The highest BCUT2D eigenvalue weighted by Gasteiger charge is 2.27. The van der Waals surface area contributed by atoms with Crippen LogP contribution in [-0.2, 0) is 11.2 Å². The number of benzene rings is 3. The molecule has 152 valence electrons. The highest BCUT2D eigenvalue weighted by molar-refractivity contribution is 6.33. The lowest BCUT2D eigenvalue weighted by atomic mass is 10.0. The van der Waals surface area contributed by atoms with E-state index in [4.69, 9.17) is 20.9 Å². The average molecular weight is 422 g/mol. The van der Waals surface area contributed by atoms with Crippen molar-refractivity contribution >= 4 is 28.5 Å². The van der Waals surface area contributed by atoms with E-state index >= 15 is 0 Å². The van der Waals surface area contributed by atoms with Crippen LogP contribution in [-0.4, -0.2) is 16.2 Å². The van der Waals surface area contributed by atoms with Crippen LogP contribution in [0.1, 0.15) is 30.6 Å². The van der Waals surface area contributed by atoms with Crippen LogP contribution in [0.15, 0.2) is 71.3 Å². The summed E-state index contributed by atoms with van der Waals surface area (Å²) in [6, 6.07) is 20.2. The van der Waals surface area contributed by atoms with Crippen LogP contribution >= 0.6 is 11.6 Å². The summed E-state index contributed by atoms with van der Waals surface area (Å²) >= 11 is 6.61. The second-order valence-corrected chi connectivity index (χ2v) is 7.34. The second-order valence-electron chi connectivity index (χ2n) is 6.94. The Morgan fingerprint density at radius 2 is 1.80 bits per heavy atom. The normalized spacial score (nSPS) is 12.1. The number of ether oxygens (including phenoxy) is 1. The van der Waals surface area contributed by atoms with Gasteiger partial charge in [-0.25, -0.2) is 4.79 Å². The molecule has 0 spiro atoms. The zero-order valence-electron chi connectivity index (χ0n) is 16.3. The summed E-state index contributed by atoms with van der Waals surface area (Å²) in [7, 11) is 0. The van der Waals surface area contributed by atoms with E-state index in [0.29, 0.717) is 34.0 Å². The molecule has 1 unspecified atom stereocenters. The number of carboxylic acid groups (broad SMARTS) is 1. The molecule has 0 amide bonds. The fourth-order valence-electron chi connectivity index (χ4n) is 3.50. The molecule has 0 bridgehead atoms. The predicted octanol–water partition coefficient (Wildman–Crippen LogP) is 6.31. The molecule has 1 heterocycles. The zero-order chi connectivity index (χ0) is 21.1. The Morgan fingerprint density at radius 3 is 2.43 bits per heavy atom. The Kier molecular flexibility index (Phi) is 5.72. The van der Waals surface area contributed by atoms with E-state index in [-0.39, 0.29) is 0 Å². The number of hydrogen-bond acceptors (Lipinski definition) is 4. The van der Waals surface area contributed by atoms with E-state index in [1.54, 1.807) is 30.3 Å². The summed E-state index contributed by atoms with van der Waals surface area (Å²) < 4.78 is 11.7. The van der Waals surface area contributed by atoms with Crippen molar-refractivity contribution in [2.75, 3.05) is 0 Å². The first-order valence-corrected chi connectivity index (χ1v) is 10.1. The number of hydrogen-bond donors (Lipinski definition) is 1. The first kappa shape index (κ1) is 20.0. The van der Waals surface area contributed by atoms with E-state index in [2.05, 4.69) is 5.16 Å². The topological polar surface area (TPSA) is 72.6 Å². The van der Waals surface area contributed by atoms with Crippen LogP contribution in [0.5, 0.6) is 5.75 Å². The SMILES string of the molecule is CCCc1c(OC(C(=O)O)c2ccccc2)c(Cl)cc2c(-c3ccccc3)noc12. The first-order chi connectivity index (χ1) is 14.6. The number of halogens is 1. The number of aromatic nitrogens is 1.